The van der Waals surface area contributed by atoms with Crippen molar-refractivity contribution in [2.75, 3.05) is 0 Å². The summed E-state index contributed by atoms with van der Waals surface area (Å²) in [6.45, 7) is 0. The van der Waals surface area contributed by atoms with Crippen LogP contribution in [0.15, 0.2) is 49.1 Å². The van der Waals surface area contributed by atoms with E-state index in [1.54, 1.807) is 0 Å². The van der Waals surface area contributed by atoms with Gasteiger partial charge >= 0.3 is 14.9 Å². The highest BCUT2D eigenvalue weighted by Crippen LogP contribution is 2.14. The molecule has 0 fully saturated rings. The first-order chi connectivity index (χ1) is 9.43. The van der Waals surface area contributed by atoms with Crippen molar-refractivity contribution < 1.29 is 37.3 Å². The number of H-pyrrole nitrogens is 2. The first-order valence-electron chi connectivity index (χ1n) is 5.24. The van der Waals surface area contributed by atoms with Gasteiger partial charge in [-0.25, -0.2) is 9.97 Å². The van der Waals surface area contributed by atoms with Gasteiger partial charge in [-0.3, -0.25) is 0 Å². The Morgan fingerprint density at radius 1 is 0.650 bits per heavy atom. The number of aromatic amines is 2. The third-order valence-electron chi connectivity index (χ3n) is 1.77. The zero-order valence-electron chi connectivity index (χ0n) is 10.1. The largest absolute Gasteiger partial charge is 0.824 e. The quantitative estimate of drug-likeness (QED) is 0.525. The summed E-state index contributed by atoms with van der Waals surface area (Å²) in [5.41, 5.74) is 2.45. The molecule has 2 aromatic rings. The molecule has 10 heteroatoms. The molecular formula is C10H10B2F4N2O2. The molecule has 0 aliphatic heterocycles. The van der Waals surface area contributed by atoms with E-state index in [-0.39, 0.29) is 0 Å². The fraction of sp³-hybridized carbons (Fsp3) is 0. The molecule has 2 N–H and O–H groups in total. The molecule has 0 saturated heterocycles. The predicted molar refractivity (Wildman–Crippen MR) is 60.9 cm³/mol. The lowest BCUT2D eigenvalue weighted by atomic mass is 10.1. The molecule has 0 radical (unpaired) electrons. The second kappa shape index (κ2) is 10.9. The smallest absolute Gasteiger partial charge is 0.447 e. The molecule has 2 rings (SSSR count). The zero-order chi connectivity index (χ0) is 15.4. The molecule has 0 spiro atoms. The second-order valence-electron chi connectivity index (χ2n) is 3.10. The Kier molecular flexibility index (Phi) is 9.89. The molecule has 106 valence electrons. The van der Waals surface area contributed by atoms with Gasteiger partial charge in [0.05, 0.1) is 0 Å². The van der Waals surface area contributed by atoms with Crippen molar-refractivity contribution in [2.24, 2.45) is 0 Å². The zero-order valence-corrected chi connectivity index (χ0v) is 10.1. The van der Waals surface area contributed by atoms with Gasteiger partial charge < -0.3 is 27.3 Å². The summed E-state index contributed by atoms with van der Waals surface area (Å²) >= 11 is 0. The van der Waals surface area contributed by atoms with Gasteiger partial charge in [-0.05, 0) is 11.1 Å². The van der Waals surface area contributed by atoms with Gasteiger partial charge in [0.1, 0.15) is 0 Å². The number of hydrogen-bond donors (Lipinski definition) is 0. The van der Waals surface area contributed by atoms with Crippen LogP contribution in [0.25, 0.3) is 11.1 Å². The Morgan fingerprint density at radius 2 is 0.850 bits per heavy atom. The number of halogens is 4. The minimum Gasteiger partial charge on any atom is -0.824 e. The van der Waals surface area contributed by atoms with Crippen molar-refractivity contribution in [3.63, 3.8) is 0 Å². The molecule has 0 unspecified atom stereocenters. The van der Waals surface area contributed by atoms with Crippen LogP contribution in [0.4, 0.5) is 17.3 Å². The molecule has 0 aromatic carbocycles. The van der Waals surface area contributed by atoms with Crippen LogP contribution in [-0.2, 0) is 0 Å². The summed E-state index contributed by atoms with van der Waals surface area (Å²) in [5, 5.41) is 16.4. The third kappa shape index (κ3) is 11.2. The number of hydrogen-bond acceptors (Lipinski definition) is 2. The van der Waals surface area contributed by atoms with Crippen molar-refractivity contribution in [1.29, 1.82) is 0 Å². The van der Waals surface area contributed by atoms with Crippen molar-refractivity contribution in [3.05, 3.63) is 49.1 Å². The summed E-state index contributed by atoms with van der Waals surface area (Å²) in [5.74, 6) is 0. The Bertz CT molecular complexity index is 403. The lowest BCUT2D eigenvalue weighted by Crippen LogP contribution is -2.17. The van der Waals surface area contributed by atoms with Gasteiger partial charge in [-0.2, -0.15) is 0 Å². The average molecular weight is 288 g/mol. The van der Waals surface area contributed by atoms with E-state index in [2.05, 4.69) is 34.2 Å². The van der Waals surface area contributed by atoms with Gasteiger partial charge in [0.2, 0.25) is 0 Å². The van der Waals surface area contributed by atoms with Crippen LogP contribution >= 0.6 is 0 Å². The van der Waals surface area contributed by atoms with Gasteiger partial charge in [0.25, 0.3) is 0 Å². The average Bonchev–Trinajstić information content (AvgIpc) is 2.39. The van der Waals surface area contributed by atoms with E-state index in [9.17, 15) is 17.3 Å². The topological polar surface area (TPSA) is 74.4 Å². The van der Waals surface area contributed by atoms with Crippen molar-refractivity contribution in [2.45, 2.75) is 0 Å². The van der Waals surface area contributed by atoms with Crippen molar-refractivity contribution >= 4 is 14.9 Å². The van der Waals surface area contributed by atoms with Gasteiger partial charge in [-0.1, -0.05) is 0 Å². The molecule has 20 heavy (non-hydrogen) atoms. The minimum atomic E-state index is -3.42. The van der Waals surface area contributed by atoms with Gasteiger partial charge in [0, 0.05) is 24.3 Å². The van der Waals surface area contributed by atoms with E-state index >= 15 is 0 Å². The molecule has 4 nitrogen and oxygen atoms in total. The van der Waals surface area contributed by atoms with E-state index in [1.165, 1.54) is 11.1 Å². The summed E-state index contributed by atoms with van der Waals surface area (Å²) in [7, 11) is -6.83. The van der Waals surface area contributed by atoms with Crippen LogP contribution in [0.1, 0.15) is 0 Å². The van der Waals surface area contributed by atoms with Crippen molar-refractivity contribution in [1.82, 2.24) is 0 Å². The Hall–Kier alpha value is -1.93. The van der Waals surface area contributed by atoms with E-state index in [4.69, 9.17) is 10.0 Å². The maximum absolute atomic E-state index is 9.78. The van der Waals surface area contributed by atoms with Crippen LogP contribution in [0.2, 0.25) is 0 Å². The monoisotopic (exact) mass is 288 g/mol. The summed E-state index contributed by atoms with van der Waals surface area (Å²) in [6, 6.07) is 8.20. The molecule has 0 saturated carbocycles. The lowest BCUT2D eigenvalue weighted by molar-refractivity contribution is -0.378. The summed E-state index contributed by atoms with van der Waals surface area (Å²) in [4.78, 5) is 5.99. The highest BCUT2D eigenvalue weighted by Gasteiger charge is 1.97. The lowest BCUT2D eigenvalue weighted by Gasteiger charge is -1.93. The van der Waals surface area contributed by atoms with E-state index in [0.717, 1.165) is 0 Å². The fourth-order valence-electron chi connectivity index (χ4n) is 1.16. The molecule has 0 aliphatic rings. The molecular weight excluding hydrogens is 278 g/mol. The number of nitrogens with one attached hydrogen (secondary N) is 2. The van der Waals surface area contributed by atoms with Crippen LogP contribution in [0, 0.1) is 0 Å². The standard InChI is InChI=1S/C10H8N2.2BF2O/c1-5-11-6-2-9(1)10-3-7-12-8-4-10;2*2-1(3)4/h1-8H;;/q;2*-1/p+2. The minimum absolute atomic E-state index is 1.22. The number of aromatic nitrogens is 2. The molecule has 0 aliphatic carbocycles. The summed E-state index contributed by atoms with van der Waals surface area (Å²) in [6.07, 6.45) is 7.69. The SMILES string of the molecule is [O-]B(F)F.[O-]B(F)F.c1cc(-c2cc[nH+]cc2)cc[nH+]1. The van der Waals surface area contributed by atoms with Gasteiger partial charge in [0.15, 0.2) is 24.8 Å². The normalized spacial score (nSPS) is 8.50. The molecule has 0 atom stereocenters. The molecule has 2 heterocycles. The van der Waals surface area contributed by atoms with Crippen LogP contribution in [-0.4, -0.2) is 14.9 Å². The second-order valence-corrected chi connectivity index (χ2v) is 3.10. The summed E-state index contributed by atoms with van der Waals surface area (Å²) < 4.78 is 39.1. The molecule has 0 amide bonds. The number of pyridine rings is 2. The van der Waals surface area contributed by atoms with Crippen LogP contribution in [0.3, 0.4) is 0 Å². The molecule has 0 bridgehead atoms. The maximum Gasteiger partial charge on any atom is 0.447 e. The molecule has 2 aromatic heterocycles. The third-order valence-corrected chi connectivity index (χ3v) is 1.77. The van der Waals surface area contributed by atoms with E-state index in [0.29, 0.717) is 0 Å². The maximum atomic E-state index is 9.78. The first-order valence-corrected chi connectivity index (χ1v) is 5.24. The van der Waals surface area contributed by atoms with E-state index < -0.39 is 14.9 Å². The first kappa shape index (κ1) is 18.1. The van der Waals surface area contributed by atoms with Crippen molar-refractivity contribution in [3.8, 4) is 11.1 Å². The Labute approximate surface area is 113 Å². The predicted octanol–water partition coefficient (Wildman–Crippen LogP) is -0.477. The van der Waals surface area contributed by atoms with Crippen LogP contribution in [0.5, 0.6) is 0 Å². The Morgan fingerprint density at radius 3 is 1.05 bits per heavy atom. The van der Waals surface area contributed by atoms with Crippen LogP contribution < -0.4 is 20.0 Å². The Balaban J connectivity index is 0.000000380. The van der Waals surface area contributed by atoms with E-state index in [1.807, 2.05) is 24.8 Å². The number of rotatable bonds is 1. The highest BCUT2D eigenvalue weighted by molar-refractivity contribution is 6.30. The van der Waals surface area contributed by atoms with Gasteiger partial charge in [-0.15, -0.1) is 0 Å². The fourth-order valence-corrected chi connectivity index (χ4v) is 1.16. The highest BCUT2D eigenvalue weighted by atomic mass is 19.2.